The lowest BCUT2D eigenvalue weighted by Crippen LogP contribution is -2.44. The van der Waals surface area contributed by atoms with Crippen molar-refractivity contribution < 1.29 is 9.47 Å². The summed E-state index contributed by atoms with van der Waals surface area (Å²) in [5.41, 5.74) is 1.65. The highest BCUT2D eigenvalue weighted by Gasteiger charge is 2.34. The molecule has 1 aromatic carbocycles. The summed E-state index contributed by atoms with van der Waals surface area (Å²) < 4.78 is 11.1. The van der Waals surface area contributed by atoms with Gasteiger partial charge < -0.3 is 14.8 Å². The number of hydrogen-bond donors (Lipinski definition) is 1. The van der Waals surface area contributed by atoms with Crippen molar-refractivity contribution in [1.82, 2.24) is 5.32 Å². The lowest BCUT2D eigenvalue weighted by atomic mass is 9.90. The summed E-state index contributed by atoms with van der Waals surface area (Å²) in [7, 11) is 0. The Balaban J connectivity index is 1.49. The van der Waals surface area contributed by atoms with E-state index in [4.69, 9.17) is 9.47 Å². The van der Waals surface area contributed by atoms with Crippen molar-refractivity contribution in [2.45, 2.75) is 26.2 Å². The van der Waals surface area contributed by atoms with Gasteiger partial charge in [0.1, 0.15) is 5.75 Å². The first-order valence-electron chi connectivity index (χ1n) is 7.74. The molecule has 2 saturated heterocycles. The fraction of sp³-hybridized carbons (Fsp3) is 0.647. The highest BCUT2D eigenvalue weighted by atomic mass is 16.5. The van der Waals surface area contributed by atoms with Gasteiger partial charge in [-0.05, 0) is 56.0 Å². The molecule has 0 aliphatic carbocycles. The van der Waals surface area contributed by atoms with Crippen LogP contribution in [0.1, 0.15) is 25.3 Å². The van der Waals surface area contributed by atoms with Crippen molar-refractivity contribution in [3.8, 4) is 5.75 Å². The van der Waals surface area contributed by atoms with Gasteiger partial charge in [0.2, 0.25) is 0 Å². The summed E-state index contributed by atoms with van der Waals surface area (Å²) in [4.78, 5) is 0. The number of piperidine rings is 1. The zero-order valence-electron chi connectivity index (χ0n) is 12.4. The third kappa shape index (κ3) is 3.53. The van der Waals surface area contributed by atoms with Crippen molar-refractivity contribution in [3.05, 3.63) is 29.8 Å². The second kappa shape index (κ2) is 6.15. The molecule has 0 atom stereocenters. The zero-order chi connectivity index (χ0) is 13.8. The largest absolute Gasteiger partial charge is 0.493 e. The predicted molar refractivity (Wildman–Crippen MR) is 80.2 cm³/mol. The third-order valence-electron chi connectivity index (χ3n) is 4.39. The first kappa shape index (κ1) is 13.9. The van der Waals surface area contributed by atoms with Crippen molar-refractivity contribution in [1.29, 1.82) is 0 Å². The molecule has 3 rings (SSSR count). The Morgan fingerprint density at radius 1 is 1.20 bits per heavy atom. The first-order valence-corrected chi connectivity index (χ1v) is 7.74. The van der Waals surface area contributed by atoms with Crippen LogP contribution in [0.4, 0.5) is 0 Å². The summed E-state index contributed by atoms with van der Waals surface area (Å²) >= 11 is 0. The van der Waals surface area contributed by atoms with Crippen LogP contribution in [-0.4, -0.2) is 32.9 Å². The van der Waals surface area contributed by atoms with Crippen LogP contribution in [0.3, 0.4) is 0 Å². The van der Waals surface area contributed by atoms with Crippen molar-refractivity contribution in [3.63, 3.8) is 0 Å². The van der Waals surface area contributed by atoms with E-state index in [1.54, 1.807) is 0 Å². The fourth-order valence-corrected chi connectivity index (χ4v) is 2.93. The molecule has 20 heavy (non-hydrogen) atoms. The summed E-state index contributed by atoms with van der Waals surface area (Å²) in [5.74, 6) is 1.82. The topological polar surface area (TPSA) is 30.5 Å². The molecule has 2 aliphatic heterocycles. The average Bonchev–Trinajstić information content (AvgIpc) is 2.46. The van der Waals surface area contributed by atoms with E-state index in [9.17, 15) is 0 Å². The second-order valence-corrected chi connectivity index (χ2v) is 6.63. The molecule has 0 spiro atoms. The van der Waals surface area contributed by atoms with Crippen LogP contribution in [0.5, 0.6) is 5.75 Å². The highest BCUT2D eigenvalue weighted by Crippen LogP contribution is 2.28. The summed E-state index contributed by atoms with van der Waals surface area (Å²) in [5, 5.41) is 3.42. The van der Waals surface area contributed by atoms with E-state index in [0.29, 0.717) is 0 Å². The van der Waals surface area contributed by atoms with E-state index in [-0.39, 0.29) is 5.41 Å². The second-order valence-electron chi connectivity index (χ2n) is 6.63. The van der Waals surface area contributed by atoms with Crippen LogP contribution in [-0.2, 0) is 11.2 Å². The number of hydrogen-bond acceptors (Lipinski definition) is 3. The lowest BCUT2D eigenvalue weighted by Gasteiger charge is -2.37. The van der Waals surface area contributed by atoms with Crippen molar-refractivity contribution >= 4 is 0 Å². The highest BCUT2D eigenvalue weighted by molar-refractivity contribution is 5.27. The lowest BCUT2D eigenvalue weighted by molar-refractivity contribution is -0.120. The predicted octanol–water partition coefficient (Wildman–Crippen LogP) is 2.64. The average molecular weight is 275 g/mol. The Kier molecular flexibility index (Phi) is 4.27. The van der Waals surface area contributed by atoms with Gasteiger partial charge in [0.25, 0.3) is 0 Å². The van der Waals surface area contributed by atoms with Gasteiger partial charge in [-0.3, -0.25) is 0 Å². The fourth-order valence-electron chi connectivity index (χ4n) is 2.93. The molecule has 110 valence electrons. The van der Waals surface area contributed by atoms with Crippen molar-refractivity contribution in [2.75, 3.05) is 32.9 Å². The van der Waals surface area contributed by atoms with Gasteiger partial charge in [-0.1, -0.05) is 19.1 Å². The summed E-state index contributed by atoms with van der Waals surface area (Å²) in [6, 6.07) is 8.66. The van der Waals surface area contributed by atoms with E-state index in [0.717, 1.165) is 31.5 Å². The Bertz CT molecular complexity index is 419. The van der Waals surface area contributed by atoms with Crippen LogP contribution in [0.25, 0.3) is 0 Å². The molecule has 2 fully saturated rings. The van der Waals surface area contributed by atoms with Gasteiger partial charge >= 0.3 is 0 Å². The van der Waals surface area contributed by atoms with Crippen LogP contribution >= 0.6 is 0 Å². The minimum absolute atomic E-state index is 0.216. The maximum absolute atomic E-state index is 5.87. The van der Waals surface area contributed by atoms with E-state index in [1.165, 1.54) is 37.9 Å². The maximum atomic E-state index is 5.87. The molecule has 0 amide bonds. The van der Waals surface area contributed by atoms with Gasteiger partial charge in [-0.15, -0.1) is 0 Å². The van der Waals surface area contributed by atoms with E-state index in [1.807, 2.05) is 0 Å². The molecular weight excluding hydrogens is 250 g/mol. The molecule has 3 nitrogen and oxygen atoms in total. The quantitative estimate of drug-likeness (QED) is 0.896. The molecule has 0 saturated carbocycles. The molecule has 1 N–H and O–H groups in total. The zero-order valence-corrected chi connectivity index (χ0v) is 12.4. The Morgan fingerprint density at radius 2 is 1.90 bits per heavy atom. The van der Waals surface area contributed by atoms with Gasteiger partial charge in [-0.25, -0.2) is 0 Å². The Hall–Kier alpha value is -1.06. The molecule has 2 aliphatic rings. The van der Waals surface area contributed by atoms with E-state index < -0.39 is 0 Å². The Morgan fingerprint density at radius 3 is 2.50 bits per heavy atom. The SMILES string of the molecule is CC1(COc2ccc(CC3CCNCC3)cc2)COC1. The van der Waals surface area contributed by atoms with Crippen LogP contribution in [0, 0.1) is 11.3 Å². The Labute approximate surface area is 121 Å². The normalized spacial score (nSPS) is 22.2. The van der Waals surface area contributed by atoms with Crippen LogP contribution in [0.15, 0.2) is 24.3 Å². The van der Waals surface area contributed by atoms with Crippen molar-refractivity contribution in [2.24, 2.45) is 11.3 Å². The number of rotatable bonds is 5. The molecule has 1 aromatic rings. The van der Waals surface area contributed by atoms with Gasteiger partial charge in [0.15, 0.2) is 0 Å². The number of ether oxygens (including phenoxy) is 2. The molecule has 3 heteroatoms. The van der Waals surface area contributed by atoms with Crippen LogP contribution in [0.2, 0.25) is 0 Å². The summed E-state index contributed by atoms with van der Waals surface area (Å²) in [6.07, 6.45) is 3.81. The van der Waals surface area contributed by atoms with E-state index >= 15 is 0 Å². The molecule has 0 aromatic heterocycles. The maximum Gasteiger partial charge on any atom is 0.119 e. The monoisotopic (exact) mass is 275 g/mol. The molecular formula is C17H25NO2. The molecule has 0 unspecified atom stereocenters. The molecule has 2 heterocycles. The van der Waals surface area contributed by atoms with Gasteiger partial charge in [0.05, 0.1) is 19.8 Å². The molecule has 0 radical (unpaired) electrons. The smallest absolute Gasteiger partial charge is 0.119 e. The minimum Gasteiger partial charge on any atom is -0.493 e. The van der Waals surface area contributed by atoms with Gasteiger partial charge in [0, 0.05) is 5.41 Å². The number of benzene rings is 1. The van der Waals surface area contributed by atoms with E-state index in [2.05, 4.69) is 36.5 Å². The first-order chi connectivity index (χ1) is 9.73. The minimum atomic E-state index is 0.216. The molecule has 0 bridgehead atoms. The number of nitrogens with one attached hydrogen (secondary N) is 1. The van der Waals surface area contributed by atoms with Crippen LogP contribution < -0.4 is 10.1 Å². The third-order valence-corrected chi connectivity index (χ3v) is 4.39. The van der Waals surface area contributed by atoms with Gasteiger partial charge in [-0.2, -0.15) is 0 Å². The standard InChI is InChI=1S/C17H25NO2/c1-17(11-19-12-17)13-20-16-4-2-14(3-5-16)10-15-6-8-18-9-7-15/h2-5,15,18H,6-13H2,1H3. The summed E-state index contributed by atoms with van der Waals surface area (Å²) in [6.45, 7) is 6.95.